The van der Waals surface area contributed by atoms with Gasteiger partial charge in [-0.2, -0.15) is 0 Å². The van der Waals surface area contributed by atoms with E-state index in [0.717, 1.165) is 12.8 Å². The van der Waals surface area contributed by atoms with Gasteiger partial charge in [-0.05, 0) is 51.4 Å². The standard InChI is InChI=1S/C17H28N2O2/c1-12(13-6-4-3-5-7-13)19-11-10-15(20)18-17(2,16(19)21)14-8-9-14/h12-14H,3-11H2,1-2H3,(H,18,20). The molecule has 21 heavy (non-hydrogen) atoms. The van der Waals surface area contributed by atoms with Crippen molar-refractivity contribution < 1.29 is 9.59 Å². The fraction of sp³-hybridized carbons (Fsp3) is 0.882. The molecule has 2 amide bonds. The Kier molecular flexibility index (Phi) is 3.98. The summed E-state index contributed by atoms with van der Waals surface area (Å²) in [6.07, 6.45) is 8.94. The van der Waals surface area contributed by atoms with Gasteiger partial charge in [0.15, 0.2) is 0 Å². The Hall–Kier alpha value is -1.06. The van der Waals surface area contributed by atoms with Crippen LogP contribution >= 0.6 is 0 Å². The minimum atomic E-state index is -0.656. The van der Waals surface area contributed by atoms with Crippen molar-refractivity contribution in [2.24, 2.45) is 11.8 Å². The van der Waals surface area contributed by atoms with E-state index < -0.39 is 5.54 Å². The number of hydrogen-bond acceptors (Lipinski definition) is 2. The largest absolute Gasteiger partial charge is 0.342 e. The van der Waals surface area contributed by atoms with Crippen LogP contribution in [-0.2, 0) is 9.59 Å². The lowest BCUT2D eigenvalue weighted by Crippen LogP contribution is -2.59. The molecule has 1 N–H and O–H groups in total. The first-order chi connectivity index (χ1) is 10.0. The Morgan fingerprint density at radius 3 is 2.43 bits per heavy atom. The van der Waals surface area contributed by atoms with Gasteiger partial charge in [-0.25, -0.2) is 0 Å². The molecule has 4 heteroatoms. The Morgan fingerprint density at radius 1 is 1.14 bits per heavy atom. The maximum Gasteiger partial charge on any atom is 0.248 e. The second kappa shape index (κ2) is 5.62. The average Bonchev–Trinajstić information content (AvgIpc) is 3.32. The lowest BCUT2D eigenvalue weighted by Gasteiger charge is -2.40. The van der Waals surface area contributed by atoms with Crippen molar-refractivity contribution in [3.05, 3.63) is 0 Å². The highest BCUT2D eigenvalue weighted by Crippen LogP contribution is 2.42. The topological polar surface area (TPSA) is 49.4 Å². The number of amides is 2. The SMILES string of the molecule is CC(C1CCCCC1)N1CCC(=O)NC(C)(C2CC2)C1=O. The van der Waals surface area contributed by atoms with Crippen molar-refractivity contribution in [1.29, 1.82) is 0 Å². The van der Waals surface area contributed by atoms with Crippen LogP contribution in [0.25, 0.3) is 0 Å². The van der Waals surface area contributed by atoms with Crippen LogP contribution in [-0.4, -0.2) is 34.8 Å². The predicted octanol–water partition coefficient (Wildman–Crippen LogP) is 2.47. The summed E-state index contributed by atoms with van der Waals surface area (Å²) in [6, 6.07) is 0.267. The molecule has 1 aliphatic heterocycles. The van der Waals surface area contributed by atoms with Crippen LogP contribution in [0.5, 0.6) is 0 Å². The summed E-state index contributed by atoms with van der Waals surface area (Å²) >= 11 is 0. The van der Waals surface area contributed by atoms with E-state index in [4.69, 9.17) is 0 Å². The molecule has 3 rings (SSSR count). The summed E-state index contributed by atoms with van der Waals surface area (Å²) in [4.78, 5) is 27.1. The van der Waals surface area contributed by atoms with Crippen LogP contribution < -0.4 is 5.32 Å². The third kappa shape index (κ3) is 2.82. The molecule has 0 aromatic heterocycles. The van der Waals surface area contributed by atoms with Crippen LogP contribution in [0.3, 0.4) is 0 Å². The lowest BCUT2D eigenvalue weighted by molar-refractivity contribution is -0.142. The van der Waals surface area contributed by atoms with E-state index in [1.165, 1.54) is 32.1 Å². The van der Waals surface area contributed by atoms with Crippen molar-refractivity contribution in [2.75, 3.05) is 6.54 Å². The van der Waals surface area contributed by atoms with Crippen molar-refractivity contribution in [3.63, 3.8) is 0 Å². The molecule has 2 saturated carbocycles. The molecule has 3 aliphatic rings. The van der Waals surface area contributed by atoms with Gasteiger partial charge in [0.1, 0.15) is 5.54 Å². The zero-order valence-corrected chi connectivity index (χ0v) is 13.4. The van der Waals surface area contributed by atoms with E-state index in [0.29, 0.717) is 24.8 Å². The summed E-state index contributed by atoms with van der Waals surface area (Å²) in [6.45, 7) is 4.72. The molecule has 0 radical (unpaired) electrons. The molecule has 3 fully saturated rings. The van der Waals surface area contributed by atoms with Gasteiger partial charge >= 0.3 is 0 Å². The first-order valence-corrected chi connectivity index (χ1v) is 8.64. The Morgan fingerprint density at radius 2 is 1.81 bits per heavy atom. The second-order valence-corrected chi connectivity index (χ2v) is 7.41. The zero-order valence-electron chi connectivity index (χ0n) is 13.4. The highest BCUT2D eigenvalue weighted by Gasteiger charge is 2.52. The first-order valence-electron chi connectivity index (χ1n) is 8.64. The van der Waals surface area contributed by atoms with Gasteiger partial charge in [-0.1, -0.05) is 19.3 Å². The third-order valence-corrected chi connectivity index (χ3v) is 5.90. The Labute approximate surface area is 127 Å². The van der Waals surface area contributed by atoms with Crippen molar-refractivity contribution in [1.82, 2.24) is 10.2 Å². The first kappa shape index (κ1) is 14.9. The smallest absolute Gasteiger partial charge is 0.248 e. The summed E-state index contributed by atoms with van der Waals surface area (Å²) in [5.74, 6) is 1.15. The number of nitrogens with zero attached hydrogens (tertiary/aromatic N) is 1. The number of carbonyl (C=O) groups is 2. The van der Waals surface area contributed by atoms with Crippen LogP contribution in [0.4, 0.5) is 0 Å². The molecule has 0 aromatic carbocycles. The zero-order chi connectivity index (χ0) is 15.0. The van der Waals surface area contributed by atoms with Gasteiger partial charge in [0.25, 0.3) is 0 Å². The van der Waals surface area contributed by atoms with Crippen molar-refractivity contribution in [2.45, 2.75) is 76.8 Å². The minimum Gasteiger partial charge on any atom is -0.342 e. The van der Waals surface area contributed by atoms with Crippen LogP contribution in [0, 0.1) is 11.8 Å². The van der Waals surface area contributed by atoms with E-state index in [-0.39, 0.29) is 17.9 Å². The minimum absolute atomic E-state index is 0.0381. The number of carbonyl (C=O) groups excluding carboxylic acids is 2. The van der Waals surface area contributed by atoms with E-state index in [1.54, 1.807) is 0 Å². The molecule has 1 saturated heterocycles. The summed E-state index contributed by atoms with van der Waals surface area (Å²) < 4.78 is 0. The van der Waals surface area contributed by atoms with Gasteiger partial charge < -0.3 is 10.2 Å². The van der Waals surface area contributed by atoms with Crippen LogP contribution in [0.15, 0.2) is 0 Å². The Bertz CT molecular complexity index is 427. The molecule has 0 bridgehead atoms. The van der Waals surface area contributed by atoms with E-state index in [2.05, 4.69) is 12.2 Å². The molecule has 2 unspecified atom stereocenters. The maximum atomic E-state index is 13.1. The molecule has 2 aliphatic carbocycles. The molecular weight excluding hydrogens is 264 g/mol. The molecule has 4 nitrogen and oxygen atoms in total. The van der Waals surface area contributed by atoms with Crippen molar-refractivity contribution >= 4 is 11.8 Å². The Balaban J connectivity index is 1.79. The highest BCUT2D eigenvalue weighted by molar-refractivity contribution is 5.94. The number of hydrogen-bond donors (Lipinski definition) is 1. The lowest BCUT2D eigenvalue weighted by atomic mass is 9.83. The van der Waals surface area contributed by atoms with Crippen LogP contribution in [0.1, 0.15) is 65.2 Å². The van der Waals surface area contributed by atoms with Gasteiger partial charge in [0.2, 0.25) is 11.8 Å². The molecule has 1 heterocycles. The molecule has 0 spiro atoms. The fourth-order valence-electron chi connectivity index (χ4n) is 4.22. The van der Waals surface area contributed by atoms with Gasteiger partial charge in [0.05, 0.1) is 0 Å². The average molecular weight is 292 g/mol. The van der Waals surface area contributed by atoms with Gasteiger partial charge in [-0.15, -0.1) is 0 Å². The normalized spacial score (nSPS) is 33.5. The van der Waals surface area contributed by atoms with Crippen LogP contribution in [0.2, 0.25) is 0 Å². The molecule has 118 valence electrons. The maximum absolute atomic E-state index is 13.1. The summed E-state index contributed by atoms with van der Waals surface area (Å²) in [7, 11) is 0. The van der Waals surface area contributed by atoms with E-state index in [1.807, 2.05) is 11.8 Å². The molecule has 0 aromatic rings. The van der Waals surface area contributed by atoms with E-state index >= 15 is 0 Å². The summed E-state index contributed by atoms with van der Waals surface area (Å²) in [5.41, 5.74) is -0.656. The third-order valence-electron chi connectivity index (χ3n) is 5.90. The highest BCUT2D eigenvalue weighted by atomic mass is 16.2. The molecule has 2 atom stereocenters. The van der Waals surface area contributed by atoms with Crippen molar-refractivity contribution in [3.8, 4) is 0 Å². The fourth-order valence-corrected chi connectivity index (χ4v) is 4.22. The number of nitrogens with one attached hydrogen (secondary N) is 1. The number of rotatable bonds is 3. The summed E-state index contributed by atoms with van der Waals surface area (Å²) in [5, 5.41) is 3.02. The van der Waals surface area contributed by atoms with Gasteiger partial charge in [0, 0.05) is 19.0 Å². The second-order valence-electron chi connectivity index (χ2n) is 7.41. The molecular formula is C17H28N2O2. The quantitative estimate of drug-likeness (QED) is 0.868. The van der Waals surface area contributed by atoms with E-state index in [9.17, 15) is 9.59 Å². The predicted molar refractivity (Wildman–Crippen MR) is 81.6 cm³/mol. The van der Waals surface area contributed by atoms with Gasteiger partial charge in [-0.3, -0.25) is 9.59 Å². The monoisotopic (exact) mass is 292 g/mol.